The van der Waals surface area contributed by atoms with Crippen LogP contribution in [0.15, 0.2) is 0 Å². The van der Waals surface area contributed by atoms with Gasteiger partial charge in [-0.15, -0.1) is 4.83 Å². The van der Waals surface area contributed by atoms with E-state index < -0.39 is 16.1 Å². The maximum absolute atomic E-state index is 10.7. The van der Waals surface area contributed by atoms with Crippen LogP contribution in [0.3, 0.4) is 0 Å². The number of sulfonamides is 1. The van der Waals surface area contributed by atoms with Crippen molar-refractivity contribution in [3.8, 4) is 0 Å². The lowest BCUT2D eigenvalue weighted by atomic mass is 10.2. The summed E-state index contributed by atoms with van der Waals surface area (Å²) in [6.45, 7) is 3.99. The fourth-order valence-corrected chi connectivity index (χ4v) is 0.682. The second-order valence-electron chi connectivity index (χ2n) is 2.99. The Kier molecular flexibility index (Phi) is 4.71. The maximum atomic E-state index is 10.7. The molecule has 0 bridgehead atoms. The Morgan fingerprint density at radius 2 is 2.00 bits per heavy atom. The molecule has 0 aliphatic heterocycles. The van der Waals surface area contributed by atoms with Gasteiger partial charge in [-0.1, -0.05) is 13.8 Å². The van der Waals surface area contributed by atoms with Crippen molar-refractivity contribution in [2.24, 2.45) is 5.92 Å². The summed E-state index contributed by atoms with van der Waals surface area (Å²) in [4.78, 5) is 12.5. The standard InChI is InChI=1S/C6H14N2O4S/c1-5(2)4-12-6(9)7-8-13(3,10)11/h5,8H,4H2,1-3H3,(H,7,9). The summed E-state index contributed by atoms with van der Waals surface area (Å²) in [6, 6.07) is 0. The van der Waals surface area contributed by atoms with E-state index in [0.29, 0.717) is 0 Å². The molecule has 0 aliphatic rings. The summed E-state index contributed by atoms with van der Waals surface area (Å²) in [7, 11) is -3.42. The van der Waals surface area contributed by atoms with Crippen LogP contribution in [0.2, 0.25) is 0 Å². The van der Waals surface area contributed by atoms with Gasteiger partial charge in [0.1, 0.15) is 0 Å². The van der Waals surface area contributed by atoms with Crippen LogP contribution in [0.1, 0.15) is 13.8 Å². The van der Waals surface area contributed by atoms with Crippen molar-refractivity contribution in [1.82, 2.24) is 10.3 Å². The van der Waals surface area contributed by atoms with E-state index in [-0.39, 0.29) is 12.5 Å². The molecular weight excluding hydrogens is 196 g/mol. The van der Waals surface area contributed by atoms with Gasteiger partial charge in [-0.2, -0.15) is 0 Å². The highest BCUT2D eigenvalue weighted by atomic mass is 32.2. The number of rotatable bonds is 4. The number of hydrogen-bond donors (Lipinski definition) is 2. The predicted molar refractivity (Wildman–Crippen MR) is 47.3 cm³/mol. The SMILES string of the molecule is CC(C)COC(=O)NNS(C)(=O)=O. The third kappa shape index (κ3) is 9.09. The molecule has 0 unspecified atom stereocenters. The van der Waals surface area contributed by atoms with E-state index in [0.717, 1.165) is 6.26 Å². The molecule has 0 radical (unpaired) electrons. The van der Waals surface area contributed by atoms with Gasteiger partial charge in [-0.25, -0.2) is 18.6 Å². The normalized spacial score (nSPS) is 11.4. The zero-order valence-corrected chi connectivity index (χ0v) is 8.64. The number of carbonyl (C=O) groups excluding carboxylic acids is 1. The topological polar surface area (TPSA) is 84.5 Å². The largest absolute Gasteiger partial charge is 0.448 e. The van der Waals surface area contributed by atoms with E-state index in [1.165, 1.54) is 0 Å². The smallest absolute Gasteiger partial charge is 0.422 e. The molecule has 0 aromatic heterocycles. The number of amides is 1. The van der Waals surface area contributed by atoms with Crippen LogP contribution >= 0.6 is 0 Å². The van der Waals surface area contributed by atoms with Crippen molar-refractivity contribution < 1.29 is 17.9 Å². The van der Waals surface area contributed by atoms with Crippen molar-refractivity contribution in [2.75, 3.05) is 12.9 Å². The lowest BCUT2D eigenvalue weighted by molar-refractivity contribution is 0.131. The summed E-state index contributed by atoms with van der Waals surface area (Å²) in [5.41, 5.74) is 1.88. The number of carbonyl (C=O) groups is 1. The fourth-order valence-electron chi connectivity index (χ4n) is 0.413. The maximum Gasteiger partial charge on any atom is 0.422 e. The Labute approximate surface area is 77.7 Å². The van der Waals surface area contributed by atoms with Gasteiger partial charge in [-0.3, -0.25) is 0 Å². The Balaban J connectivity index is 3.65. The van der Waals surface area contributed by atoms with Crippen molar-refractivity contribution in [1.29, 1.82) is 0 Å². The number of nitrogens with one attached hydrogen (secondary N) is 2. The highest BCUT2D eigenvalue weighted by molar-refractivity contribution is 7.88. The summed E-state index contributed by atoms with van der Waals surface area (Å²) in [6.07, 6.45) is 0.120. The fraction of sp³-hybridized carbons (Fsp3) is 0.833. The average molecular weight is 210 g/mol. The quantitative estimate of drug-likeness (QED) is 0.631. The first-order valence-corrected chi connectivity index (χ1v) is 5.60. The van der Waals surface area contributed by atoms with Crippen molar-refractivity contribution >= 4 is 16.1 Å². The van der Waals surface area contributed by atoms with Crippen LogP contribution in [0, 0.1) is 5.92 Å². The first-order valence-electron chi connectivity index (χ1n) is 3.71. The Bertz CT molecular complexity index is 260. The molecule has 78 valence electrons. The van der Waals surface area contributed by atoms with Gasteiger partial charge < -0.3 is 4.74 Å². The minimum absolute atomic E-state index is 0.212. The minimum Gasteiger partial charge on any atom is -0.448 e. The summed E-state index contributed by atoms with van der Waals surface area (Å²) >= 11 is 0. The molecule has 13 heavy (non-hydrogen) atoms. The van der Waals surface area contributed by atoms with Gasteiger partial charge in [-0.05, 0) is 5.92 Å². The molecule has 2 N–H and O–H groups in total. The summed E-state index contributed by atoms with van der Waals surface area (Å²) in [5, 5.41) is 0. The first-order chi connectivity index (χ1) is 5.81. The molecule has 0 aromatic rings. The summed E-state index contributed by atoms with van der Waals surface area (Å²) in [5.74, 6) is 0.212. The van der Waals surface area contributed by atoms with E-state index in [1.54, 1.807) is 4.83 Å². The van der Waals surface area contributed by atoms with Crippen molar-refractivity contribution in [2.45, 2.75) is 13.8 Å². The minimum atomic E-state index is -3.42. The lowest BCUT2D eigenvalue weighted by Crippen LogP contribution is -2.41. The van der Waals surface area contributed by atoms with Crippen LogP contribution in [-0.4, -0.2) is 27.4 Å². The van der Waals surface area contributed by atoms with E-state index in [2.05, 4.69) is 4.74 Å². The van der Waals surface area contributed by atoms with E-state index in [9.17, 15) is 13.2 Å². The average Bonchev–Trinajstić information content (AvgIpc) is 1.95. The van der Waals surface area contributed by atoms with Gasteiger partial charge in [0.2, 0.25) is 10.0 Å². The van der Waals surface area contributed by atoms with Crippen molar-refractivity contribution in [3.05, 3.63) is 0 Å². The Hall–Kier alpha value is -0.820. The molecule has 0 saturated carbocycles. The van der Waals surface area contributed by atoms with E-state index >= 15 is 0 Å². The van der Waals surface area contributed by atoms with Crippen LogP contribution in [0.25, 0.3) is 0 Å². The van der Waals surface area contributed by atoms with Crippen LogP contribution in [0.4, 0.5) is 4.79 Å². The first kappa shape index (κ1) is 12.2. The zero-order valence-electron chi connectivity index (χ0n) is 7.83. The predicted octanol–water partition coefficient (Wildman–Crippen LogP) is -0.167. The number of hydrazine groups is 1. The molecule has 0 saturated heterocycles. The van der Waals surface area contributed by atoms with Gasteiger partial charge in [0.05, 0.1) is 12.9 Å². The van der Waals surface area contributed by atoms with Gasteiger partial charge >= 0.3 is 6.09 Å². The molecule has 7 heteroatoms. The second-order valence-corrected chi connectivity index (χ2v) is 4.74. The van der Waals surface area contributed by atoms with E-state index in [1.807, 2.05) is 19.3 Å². The molecule has 0 rings (SSSR count). The summed E-state index contributed by atoms with van der Waals surface area (Å²) < 4.78 is 25.6. The molecule has 0 atom stereocenters. The van der Waals surface area contributed by atoms with Gasteiger partial charge in [0.15, 0.2) is 0 Å². The third-order valence-corrected chi connectivity index (χ3v) is 1.36. The molecule has 0 fully saturated rings. The lowest BCUT2D eigenvalue weighted by Gasteiger charge is -2.08. The van der Waals surface area contributed by atoms with Crippen LogP contribution < -0.4 is 10.3 Å². The molecular formula is C6H14N2O4S. The Morgan fingerprint density at radius 1 is 1.46 bits per heavy atom. The highest BCUT2D eigenvalue weighted by Gasteiger charge is 2.05. The second kappa shape index (κ2) is 5.03. The van der Waals surface area contributed by atoms with Crippen molar-refractivity contribution in [3.63, 3.8) is 0 Å². The molecule has 0 aromatic carbocycles. The van der Waals surface area contributed by atoms with Gasteiger partial charge in [0.25, 0.3) is 0 Å². The van der Waals surface area contributed by atoms with Gasteiger partial charge in [0, 0.05) is 0 Å². The molecule has 0 heterocycles. The van der Waals surface area contributed by atoms with Crippen LogP contribution in [0.5, 0.6) is 0 Å². The molecule has 0 aliphatic carbocycles. The molecule has 1 amide bonds. The zero-order chi connectivity index (χ0) is 10.5. The molecule has 0 spiro atoms. The molecule has 6 nitrogen and oxygen atoms in total. The third-order valence-electron chi connectivity index (χ3n) is 0.886. The number of ether oxygens (including phenoxy) is 1. The monoisotopic (exact) mass is 210 g/mol. The van der Waals surface area contributed by atoms with E-state index in [4.69, 9.17) is 0 Å². The number of hydrogen-bond acceptors (Lipinski definition) is 4. The van der Waals surface area contributed by atoms with Crippen LogP contribution in [-0.2, 0) is 14.8 Å². The Morgan fingerprint density at radius 3 is 2.38 bits per heavy atom. The highest BCUT2D eigenvalue weighted by Crippen LogP contribution is 1.91.